The van der Waals surface area contributed by atoms with Crippen LogP contribution in [0.15, 0.2) is 0 Å². The van der Waals surface area contributed by atoms with Gasteiger partial charge in [0.25, 0.3) is 0 Å². The van der Waals surface area contributed by atoms with Gasteiger partial charge in [0.2, 0.25) is 10.0 Å². The Hall–Kier alpha value is -0.130. The van der Waals surface area contributed by atoms with Crippen LogP contribution in [0.2, 0.25) is 0 Å². The van der Waals surface area contributed by atoms with Crippen molar-refractivity contribution in [3.8, 4) is 0 Å². The topological polar surface area (TPSA) is 58.2 Å². The van der Waals surface area contributed by atoms with E-state index < -0.39 is 10.0 Å². The highest BCUT2D eigenvalue weighted by Gasteiger charge is 2.06. The highest BCUT2D eigenvalue weighted by Crippen LogP contribution is 1.93. The van der Waals surface area contributed by atoms with Crippen LogP contribution >= 0.6 is 0 Å². The Morgan fingerprint density at radius 1 is 1.21 bits per heavy atom. The maximum absolute atomic E-state index is 11.2. The Balaban J connectivity index is 3.45. The highest BCUT2D eigenvalue weighted by atomic mass is 32.2. The van der Waals surface area contributed by atoms with E-state index >= 15 is 0 Å². The average Bonchev–Trinajstić information content (AvgIpc) is 2.02. The van der Waals surface area contributed by atoms with Crippen LogP contribution in [0.4, 0.5) is 0 Å². The van der Waals surface area contributed by atoms with Gasteiger partial charge in [0.05, 0.1) is 5.75 Å². The van der Waals surface area contributed by atoms with E-state index in [0.717, 1.165) is 19.4 Å². The predicted molar refractivity (Wildman–Crippen MR) is 59.8 cm³/mol. The molecule has 0 aromatic carbocycles. The van der Waals surface area contributed by atoms with E-state index in [9.17, 15) is 8.42 Å². The molecule has 0 unspecified atom stereocenters. The molecule has 0 aliphatic heterocycles. The van der Waals surface area contributed by atoms with Crippen molar-refractivity contribution in [3.63, 3.8) is 0 Å². The number of hydrogen-bond donors (Lipinski definition) is 2. The van der Waals surface area contributed by atoms with E-state index in [1.807, 2.05) is 0 Å². The lowest BCUT2D eigenvalue weighted by Gasteiger charge is -2.07. The van der Waals surface area contributed by atoms with Crippen molar-refractivity contribution in [2.45, 2.75) is 39.7 Å². The second-order valence-corrected chi connectivity index (χ2v) is 5.56. The molecule has 0 atom stereocenters. The number of hydrogen-bond acceptors (Lipinski definition) is 3. The summed E-state index contributed by atoms with van der Waals surface area (Å²) in [6.45, 7) is 7.31. The Kier molecular flexibility index (Phi) is 7.13. The lowest BCUT2D eigenvalue weighted by Crippen LogP contribution is -2.27. The molecule has 0 saturated heterocycles. The molecule has 14 heavy (non-hydrogen) atoms. The van der Waals surface area contributed by atoms with E-state index in [1.165, 1.54) is 0 Å². The Labute approximate surface area is 87.5 Å². The molecule has 0 heterocycles. The summed E-state index contributed by atoms with van der Waals surface area (Å²) in [5.74, 6) is 0.237. The first-order valence-corrected chi connectivity index (χ1v) is 6.84. The first-order chi connectivity index (χ1) is 6.48. The zero-order valence-electron chi connectivity index (χ0n) is 9.34. The van der Waals surface area contributed by atoms with Crippen molar-refractivity contribution < 1.29 is 8.42 Å². The van der Waals surface area contributed by atoms with Crippen LogP contribution in [0.3, 0.4) is 0 Å². The summed E-state index contributed by atoms with van der Waals surface area (Å²) in [5.41, 5.74) is 0. The van der Waals surface area contributed by atoms with Crippen molar-refractivity contribution in [1.29, 1.82) is 0 Å². The lowest BCUT2D eigenvalue weighted by atomic mass is 10.3. The Morgan fingerprint density at radius 3 is 2.36 bits per heavy atom. The molecule has 0 aliphatic rings. The number of nitrogens with one attached hydrogen (secondary N) is 2. The summed E-state index contributed by atoms with van der Waals surface area (Å²) in [6.07, 6.45) is 1.62. The van der Waals surface area contributed by atoms with Crippen molar-refractivity contribution in [2.75, 3.05) is 18.8 Å². The highest BCUT2D eigenvalue weighted by molar-refractivity contribution is 7.89. The monoisotopic (exact) mass is 222 g/mol. The minimum atomic E-state index is -3.01. The van der Waals surface area contributed by atoms with Gasteiger partial charge in [-0.2, -0.15) is 0 Å². The standard InChI is InChI=1S/C9H22N2O2S/c1-4-11-14(12,13)8-6-5-7-10-9(2)3/h9-11H,4-8H2,1-3H3. The lowest BCUT2D eigenvalue weighted by molar-refractivity contribution is 0.556. The molecule has 0 saturated carbocycles. The van der Waals surface area contributed by atoms with Gasteiger partial charge < -0.3 is 5.32 Å². The van der Waals surface area contributed by atoms with Gasteiger partial charge in [-0.25, -0.2) is 13.1 Å². The molecule has 0 aromatic rings. The van der Waals surface area contributed by atoms with Crippen molar-refractivity contribution in [3.05, 3.63) is 0 Å². The minimum Gasteiger partial charge on any atom is -0.315 e. The first-order valence-electron chi connectivity index (χ1n) is 5.18. The average molecular weight is 222 g/mol. The van der Waals surface area contributed by atoms with E-state index in [2.05, 4.69) is 23.9 Å². The fraction of sp³-hybridized carbons (Fsp3) is 1.00. The summed E-state index contributed by atoms with van der Waals surface area (Å²) in [5, 5.41) is 3.25. The summed E-state index contributed by atoms with van der Waals surface area (Å²) in [6, 6.07) is 0.473. The SMILES string of the molecule is CCNS(=O)(=O)CCCCNC(C)C. The summed E-state index contributed by atoms with van der Waals surface area (Å²) in [7, 11) is -3.01. The van der Waals surface area contributed by atoms with Crippen LogP contribution in [0.25, 0.3) is 0 Å². The maximum atomic E-state index is 11.2. The third kappa shape index (κ3) is 8.47. The summed E-state index contributed by atoms with van der Waals surface area (Å²) >= 11 is 0. The third-order valence-corrected chi connectivity index (χ3v) is 3.31. The van der Waals surface area contributed by atoms with Crippen LogP contribution in [0.1, 0.15) is 33.6 Å². The van der Waals surface area contributed by atoms with Gasteiger partial charge in [-0.15, -0.1) is 0 Å². The summed E-state index contributed by atoms with van der Waals surface area (Å²) < 4.78 is 24.9. The number of sulfonamides is 1. The second kappa shape index (κ2) is 7.20. The minimum absolute atomic E-state index is 0.237. The fourth-order valence-corrected chi connectivity index (χ4v) is 2.27. The van der Waals surface area contributed by atoms with Crippen molar-refractivity contribution >= 4 is 10.0 Å². The van der Waals surface area contributed by atoms with Crippen molar-refractivity contribution in [2.24, 2.45) is 0 Å². The fourth-order valence-electron chi connectivity index (χ4n) is 1.10. The van der Waals surface area contributed by atoms with Gasteiger partial charge in [0.15, 0.2) is 0 Å². The van der Waals surface area contributed by atoms with E-state index in [1.54, 1.807) is 6.92 Å². The van der Waals surface area contributed by atoms with Crippen molar-refractivity contribution in [1.82, 2.24) is 10.0 Å². The van der Waals surface area contributed by atoms with Crippen LogP contribution in [-0.2, 0) is 10.0 Å². The molecule has 0 radical (unpaired) electrons. The quantitative estimate of drug-likeness (QED) is 0.595. The van der Waals surface area contributed by atoms with Gasteiger partial charge in [-0.1, -0.05) is 20.8 Å². The largest absolute Gasteiger partial charge is 0.315 e. The molecule has 5 heteroatoms. The van der Waals surface area contributed by atoms with Gasteiger partial charge >= 0.3 is 0 Å². The molecule has 0 bridgehead atoms. The zero-order chi connectivity index (χ0) is 11.0. The normalized spacial score (nSPS) is 12.3. The predicted octanol–water partition coefficient (Wildman–Crippen LogP) is 0.704. The third-order valence-electron chi connectivity index (χ3n) is 1.76. The molecule has 0 fully saturated rings. The second-order valence-electron chi connectivity index (χ2n) is 3.63. The molecule has 0 amide bonds. The molecule has 0 rings (SSSR count). The molecule has 0 aromatic heterocycles. The molecule has 0 spiro atoms. The van der Waals surface area contributed by atoms with Crippen LogP contribution in [0, 0.1) is 0 Å². The van der Waals surface area contributed by atoms with Crippen LogP contribution in [0.5, 0.6) is 0 Å². The van der Waals surface area contributed by atoms with Crippen LogP contribution in [-0.4, -0.2) is 33.3 Å². The van der Waals surface area contributed by atoms with E-state index in [4.69, 9.17) is 0 Å². The van der Waals surface area contributed by atoms with Gasteiger partial charge in [-0.05, 0) is 19.4 Å². The van der Waals surface area contributed by atoms with Crippen LogP contribution < -0.4 is 10.0 Å². The molecule has 86 valence electrons. The van der Waals surface area contributed by atoms with Gasteiger partial charge in [0, 0.05) is 12.6 Å². The van der Waals surface area contributed by atoms with Gasteiger partial charge in [-0.3, -0.25) is 0 Å². The molecular weight excluding hydrogens is 200 g/mol. The molecule has 0 aliphatic carbocycles. The zero-order valence-corrected chi connectivity index (χ0v) is 10.2. The van der Waals surface area contributed by atoms with E-state index in [0.29, 0.717) is 12.6 Å². The smallest absolute Gasteiger partial charge is 0.211 e. The molecular formula is C9H22N2O2S. The van der Waals surface area contributed by atoms with Gasteiger partial charge in [0.1, 0.15) is 0 Å². The maximum Gasteiger partial charge on any atom is 0.211 e. The molecule has 4 nitrogen and oxygen atoms in total. The Bertz CT molecular complexity index is 225. The first kappa shape index (κ1) is 13.9. The van der Waals surface area contributed by atoms with E-state index in [-0.39, 0.29) is 5.75 Å². The molecule has 2 N–H and O–H groups in total. The summed E-state index contributed by atoms with van der Waals surface area (Å²) in [4.78, 5) is 0. The number of unbranched alkanes of at least 4 members (excludes halogenated alkanes) is 1. The Morgan fingerprint density at radius 2 is 1.86 bits per heavy atom. The number of rotatable bonds is 8.